The molecule has 0 atom stereocenters. The predicted molar refractivity (Wildman–Crippen MR) is 166 cm³/mol. The van der Waals surface area contributed by atoms with Gasteiger partial charge in [0.2, 0.25) is 0 Å². The first-order valence-corrected chi connectivity index (χ1v) is 13.5. The van der Waals surface area contributed by atoms with Crippen LogP contribution in [0.15, 0.2) is 80.3 Å². The van der Waals surface area contributed by atoms with Crippen molar-refractivity contribution in [3.05, 3.63) is 99.2 Å². The molecule has 4 rings (SSSR count). The number of benzene rings is 2. The summed E-state index contributed by atoms with van der Waals surface area (Å²) in [4.78, 5) is 41.6. The third-order valence-corrected chi connectivity index (χ3v) is 6.11. The Balaban J connectivity index is 1.44. The van der Waals surface area contributed by atoms with Crippen LogP contribution >= 0.6 is 0 Å². The van der Waals surface area contributed by atoms with Gasteiger partial charge in [-0.3, -0.25) is 19.4 Å². The fourth-order valence-electron chi connectivity index (χ4n) is 3.89. The van der Waals surface area contributed by atoms with Crippen molar-refractivity contribution in [1.29, 1.82) is 0 Å². The van der Waals surface area contributed by atoms with Crippen molar-refractivity contribution >= 4 is 47.8 Å². The molecule has 2 amide bonds. The van der Waals surface area contributed by atoms with E-state index < -0.39 is 24.4 Å². The van der Waals surface area contributed by atoms with Gasteiger partial charge in [-0.1, -0.05) is 37.3 Å². The van der Waals surface area contributed by atoms with E-state index in [1.54, 1.807) is 24.4 Å². The summed E-state index contributed by atoms with van der Waals surface area (Å²) in [7, 11) is -0.345. The lowest BCUT2D eigenvalue weighted by Gasteiger charge is -2.05. The van der Waals surface area contributed by atoms with Gasteiger partial charge >= 0.3 is 13.0 Å². The van der Waals surface area contributed by atoms with Crippen molar-refractivity contribution in [2.45, 2.75) is 26.2 Å². The lowest BCUT2D eigenvalue weighted by molar-refractivity contribution is 0.0926. The third-order valence-electron chi connectivity index (χ3n) is 6.11. The number of methoxy groups -OCH3 is 1. The Morgan fingerprint density at radius 2 is 1.75 bits per heavy atom. The molecule has 44 heavy (non-hydrogen) atoms. The average molecular weight is 593 g/mol. The van der Waals surface area contributed by atoms with E-state index in [1.165, 1.54) is 50.0 Å². The number of carbonyl (C=O) groups excluding carboxylic acids is 2. The first-order chi connectivity index (χ1) is 21.3. The Kier molecular flexibility index (Phi) is 10.7. The van der Waals surface area contributed by atoms with E-state index in [0.717, 1.165) is 25.3 Å². The Bertz CT molecular complexity index is 1860. The maximum atomic E-state index is 12.6. The van der Waals surface area contributed by atoms with Gasteiger partial charge in [0.25, 0.3) is 5.91 Å². The SMILES string of the molecule is CCCCC#Cc1cncc(C(=O)N/N=C/c2cc(/C=N/NC(=O)c3cc(=O)c4ccc(OC)cc4o3)cc(B(O)O)c2)c1. The molecule has 12 nitrogen and oxygen atoms in total. The van der Waals surface area contributed by atoms with E-state index in [1.807, 2.05) is 0 Å². The molecule has 222 valence electrons. The van der Waals surface area contributed by atoms with Crippen molar-refractivity contribution in [3.8, 4) is 17.6 Å². The van der Waals surface area contributed by atoms with Crippen molar-refractivity contribution in [2.75, 3.05) is 7.11 Å². The highest BCUT2D eigenvalue weighted by atomic mass is 16.5. The van der Waals surface area contributed by atoms with Crippen LogP contribution in [0.4, 0.5) is 0 Å². The number of carbonyl (C=O) groups is 2. The van der Waals surface area contributed by atoms with E-state index in [-0.39, 0.29) is 27.8 Å². The number of amides is 2. The molecule has 0 aliphatic heterocycles. The quantitative estimate of drug-likeness (QED) is 0.0709. The number of unbranched alkanes of at least 4 members (excludes halogenated alkanes) is 2. The fraction of sp³-hybridized carbons (Fsp3) is 0.161. The maximum Gasteiger partial charge on any atom is 0.488 e. The molecule has 4 aromatic rings. The minimum atomic E-state index is -1.81. The third kappa shape index (κ3) is 8.48. The molecule has 0 radical (unpaired) electrons. The topological polar surface area (TPSA) is 176 Å². The Morgan fingerprint density at radius 3 is 2.43 bits per heavy atom. The minimum absolute atomic E-state index is 0.112. The van der Waals surface area contributed by atoms with Gasteiger partial charge in [0.05, 0.1) is 30.5 Å². The highest BCUT2D eigenvalue weighted by Crippen LogP contribution is 2.19. The van der Waals surface area contributed by atoms with Crippen molar-refractivity contribution < 1.29 is 28.8 Å². The van der Waals surface area contributed by atoms with Crippen LogP contribution in [0.5, 0.6) is 5.75 Å². The standard InChI is InChI=1S/C31H28BN5O7/c1-3-4-5-6-7-20-11-23(19-33-16-20)30(39)36-34-17-21-10-22(13-24(12-21)32(41)42)18-35-37-31(40)29-15-27(38)26-9-8-25(43-2)14-28(26)44-29/h8-19,41-42H,3-5H2,1-2H3,(H,36,39)(H,37,40)/b34-17+,35-18+. The highest BCUT2D eigenvalue weighted by molar-refractivity contribution is 6.58. The van der Waals surface area contributed by atoms with Crippen LogP contribution in [-0.4, -0.2) is 53.5 Å². The summed E-state index contributed by atoms with van der Waals surface area (Å²) >= 11 is 0. The van der Waals surface area contributed by atoms with Gasteiger partial charge in [-0.25, -0.2) is 10.9 Å². The number of hydrogen-bond acceptors (Lipinski definition) is 10. The van der Waals surface area contributed by atoms with Crippen molar-refractivity contribution in [2.24, 2.45) is 10.2 Å². The number of nitrogens with zero attached hydrogens (tertiary/aromatic N) is 3. The van der Waals surface area contributed by atoms with Crippen LogP contribution in [0, 0.1) is 11.8 Å². The van der Waals surface area contributed by atoms with Crippen LogP contribution in [0.3, 0.4) is 0 Å². The molecule has 2 aromatic carbocycles. The molecular weight excluding hydrogens is 565 g/mol. The van der Waals surface area contributed by atoms with Gasteiger partial charge in [0.15, 0.2) is 11.2 Å². The minimum Gasteiger partial charge on any atom is -0.497 e. The number of aromatic nitrogens is 1. The second-order valence-corrected chi connectivity index (χ2v) is 9.41. The highest BCUT2D eigenvalue weighted by Gasteiger charge is 2.14. The Morgan fingerprint density at radius 1 is 1.02 bits per heavy atom. The molecule has 0 saturated carbocycles. The monoisotopic (exact) mass is 593 g/mol. The molecule has 4 N–H and O–H groups in total. The van der Waals surface area contributed by atoms with E-state index in [4.69, 9.17) is 9.15 Å². The Labute approximate surface area is 252 Å². The fourth-order valence-corrected chi connectivity index (χ4v) is 3.89. The van der Waals surface area contributed by atoms with Gasteiger partial charge in [0, 0.05) is 36.5 Å². The average Bonchev–Trinajstić information content (AvgIpc) is 3.02. The second kappa shape index (κ2) is 15.1. The van der Waals surface area contributed by atoms with Crippen LogP contribution < -0.4 is 26.5 Å². The summed E-state index contributed by atoms with van der Waals surface area (Å²) in [5.41, 5.74) is 6.19. The largest absolute Gasteiger partial charge is 0.497 e. The Hall–Kier alpha value is -5.58. The van der Waals surface area contributed by atoms with Crippen molar-refractivity contribution in [3.63, 3.8) is 0 Å². The molecule has 13 heteroatoms. The van der Waals surface area contributed by atoms with Gasteiger partial charge in [-0.15, -0.1) is 0 Å². The number of nitrogens with one attached hydrogen (secondary N) is 2. The maximum absolute atomic E-state index is 12.6. The smallest absolute Gasteiger partial charge is 0.488 e. The lowest BCUT2D eigenvalue weighted by Crippen LogP contribution is -2.30. The van der Waals surface area contributed by atoms with E-state index in [0.29, 0.717) is 22.4 Å². The van der Waals surface area contributed by atoms with Crippen LogP contribution in [-0.2, 0) is 0 Å². The van der Waals surface area contributed by atoms with Crippen LogP contribution in [0.2, 0.25) is 0 Å². The molecule has 0 unspecified atom stereocenters. The first kappa shape index (κ1) is 31.4. The molecule has 2 heterocycles. The summed E-state index contributed by atoms with van der Waals surface area (Å²) in [5.74, 6) is 4.94. The summed E-state index contributed by atoms with van der Waals surface area (Å²) in [6, 6.07) is 11.8. The zero-order chi connectivity index (χ0) is 31.5. The summed E-state index contributed by atoms with van der Waals surface area (Å²) < 4.78 is 10.7. The van der Waals surface area contributed by atoms with E-state index >= 15 is 0 Å². The van der Waals surface area contributed by atoms with Crippen molar-refractivity contribution in [1.82, 2.24) is 15.8 Å². The zero-order valence-electron chi connectivity index (χ0n) is 23.9. The molecule has 0 aliphatic rings. The molecule has 0 aliphatic carbocycles. The number of ether oxygens (including phenoxy) is 1. The number of fused-ring (bicyclic) bond motifs is 1. The summed E-state index contributed by atoms with van der Waals surface area (Å²) in [6.07, 6.45) is 8.32. The lowest BCUT2D eigenvalue weighted by atomic mass is 9.79. The van der Waals surface area contributed by atoms with E-state index in [2.05, 4.69) is 44.8 Å². The van der Waals surface area contributed by atoms with Crippen LogP contribution in [0.1, 0.15) is 63.8 Å². The molecule has 0 fully saturated rings. The van der Waals surface area contributed by atoms with Gasteiger partial charge in [-0.05, 0) is 47.3 Å². The molecule has 0 spiro atoms. The van der Waals surface area contributed by atoms with Gasteiger partial charge < -0.3 is 19.2 Å². The van der Waals surface area contributed by atoms with Gasteiger partial charge in [-0.2, -0.15) is 10.2 Å². The molecular formula is C31H28BN5O7. The molecule has 0 bridgehead atoms. The zero-order valence-corrected chi connectivity index (χ0v) is 23.9. The molecule has 2 aromatic heterocycles. The number of hydrazone groups is 2. The number of hydrogen-bond donors (Lipinski definition) is 4. The predicted octanol–water partition coefficient (Wildman–Crippen LogP) is 1.95. The molecule has 0 saturated heterocycles. The number of rotatable bonds is 10. The van der Waals surface area contributed by atoms with Gasteiger partial charge in [0.1, 0.15) is 11.3 Å². The summed E-state index contributed by atoms with van der Waals surface area (Å²) in [6.45, 7) is 2.08. The summed E-state index contributed by atoms with van der Waals surface area (Å²) in [5, 5.41) is 27.6. The normalized spacial score (nSPS) is 10.9. The number of pyridine rings is 1. The second-order valence-electron chi connectivity index (χ2n) is 9.41. The first-order valence-electron chi connectivity index (χ1n) is 13.5. The van der Waals surface area contributed by atoms with Crippen LogP contribution in [0.25, 0.3) is 11.0 Å². The van der Waals surface area contributed by atoms with E-state index in [9.17, 15) is 24.4 Å².